The van der Waals surface area contributed by atoms with Crippen molar-refractivity contribution < 1.29 is 9.84 Å². The van der Waals surface area contributed by atoms with E-state index in [-0.39, 0.29) is 6.61 Å². The Bertz CT molecular complexity index is 502. The van der Waals surface area contributed by atoms with E-state index < -0.39 is 0 Å². The molecule has 6 heteroatoms. The van der Waals surface area contributed by atoms with Crippen molar-refractivity contribution in [2.45, 2.75) is 13.0 Å². The number of benzene rings is 1. The maximum atomic E-state index is 8.63. The average molecular weight is 312 g/mol. The molecule has 0 saturated heterocycles. The van der Waals surface area contributed by atoms with Crippen LogP contribution < -0.4 is 0 Å². The van der Waals surface area contributed by atoms with Crippen LogP contribution in [0, 0.1) is 0 Å². The molecular weight excluding hydrogens is 298 g/mol. The standard InChI is InChI=1S/C12H14BrN3O2/c13-11-4-1-2-5-12(11)16-8-10(14-15-16)9-18-7-3-6-17/h1-2,4-5,8,17H,3,6-7,9H2. The normalized spacial score (nSPS) is 10.8. The maximum absolute atomic E-state index is 8.63. The highest BCUT2D eigenvalue weighted by molar-refractivity contribution is 9.10. The lowest BCUT2D eigenvalue weighted by Crippen LogP contribution is -1.98. The fraction of sp³-hybridized carbons (Fsp3) is 0.333. The van der Waals surface area contributed by atoms with Gasteiger partial charge in [0.1, 0.15) is 5.69 Å². The highest BCUT2D eigenvalue weighted by atomic mass is 79.9. The van der Waals surface area contributed by atoms with Crippen molar-refractivity contribution in [3.05, 3.63) is 40.6 Å². The summed E-state index contributed by atoms with van der Waals surface area (Å²) in [5, 5.41) is 16.7. The third-order valence-electron chi connectivity index (χ3n) is 2.34. The van der Waals surface area contributed by atoms with E-state index in [1.165, 1.54) is 0 Å². The van der Waals surface area contributed by atoms with Gasteiger partial charge in [-0.25, -0.2) is 4.68 Å². The van der Waals surface area contributed by atoms with Gasteiger partial charge in [-0.2, -0.15) is 0 Å². The first kappa shape index (κ1) is 13.2. The molecule has 2 aromatic rings. The molecule has 0 unspecified atom stereocenters. The lowest BCUT2D eigenvalue weighted by Gasteiger charge is -2.02. The number of para-hydroxylation sites is 1. The molecule has 18 heavy (non-hydrogen) atoms. The summed E-state index contributed by atoms with van der Waals surface area (Å²) < 4.78 is 8.02. The second kappa shape index (κ2) is 6.63. The number of aliphatic hydroxyl groups excluding tert-OH is 1. The first-order valence-corrected chi connectivity index (χ1v) is 6.45. The fourth-order valence-electron chi connectivity index (χ4n) is 1.46. The number of rotatable bonds is 6. The molecule has 0 fully saturated rings. The molecule has 0 saturated carbocycles. The zero-order valence-electron chi connectivity index (χ0n) is 9.79. The van der Waals surface area contributed by atoms with Crippen LogP contribution >= 0.6 is 15.9 Å². The van der Waals surface area contributed by atoms with E-state index in [1.807, 2.05) is 30.5 Å². The summed E-state index contributed by atoms with van der Waals surface area (Å²) in [6, 6.07) is 7.80. The van der Waals surface area contributed by atoms with Crippen LogP contribution in [0.15, 0.2) is 34.9 Å². The van der Waals surface area contributed by atoms with Crippen LogP contribution in [-0.4, -0.2) is 33.3 Å². The van der Waals surface area contributed by atoms with Gasteiger partial charge in [0.2, 0.25) is 0 Å². The highest BCUT2D eigenvalue weighted by Gasteiger charge is 2.05. The molecule has 0 amide bonds. The quantitative estimate of drug-likeness (QED) is 0.828. The number of halogens is 1. The number of aromatic nitrogens is 3. The largest absolute Gasteiger partial charge is 0.396 e. The van der Waals surface area contributed by atoms with Crippen LogP contribution in [0.25, 0.3) is 5.69 Å². The average Bonchev–Trinajstić information content (AvgIpc) is 2.84. The fourth-order valence-corrected chi connectivity index (χ4v) is 1.93. The van der Waals surface area contributed by atoms with E-state index in [0.717, 1.165) is 15.9 Å². The number of ether oxygens (including phenoxy) is 1. The third-order valence-corrected chi connectivity index (χ3v) is 3.01. The zero-order chi connectivity index (χ0) is 12.8. The second-order valence-electron chi connectivity index (χ2n) is 3.74. The van der Waals surface area contributed by atoms with Gasteiger partial charge in [0, 0.05) is 17.7 Å². The maximum Gasteiger partial charge on any atom is 0.109 e. The Hall–Kier alpha value is -1.24. The van der Waals surface area contributed by atoms with Crippen LogP contribution in [0.5, 0.6) is 0 Å². The van der Waals surface area contributed by atoms with E-state index in [9.17, 15) is 0 Å². The predicted octanol–water partition coefficient (Wildman–Crippen LogP) is 1.93. The number of hydrogen-bond acceptors (Lipinski definition) is 4. The van der Waals surface area contributed by atoms with Gasteiger partial charge in [-0.3, -0.25) is 0 Å². The Labute approximate surface area is 114 Å². The lowest BCUT2D eigenvalue weighted by atomic mass is 10.3. The topological polar surface area (TPSA) is 60.2 Å². The SMILES string of the molecule is OCCCOCc1cn(-c2ccccc2Br)nn1. The molecule has 0 bridgehead atoms. The van der Waals surface area contributed by atoms with Crippen molar-refractivity contribution in [2.24, 2.45) is 0 Å². The van der Waals surface area contributed by atoms with Gasteiger partial charge < -0.3 is 9.84 Å². The van der Waals surface area contributed by atoms with E-state index in [0.29, 0.717) is 19.6 Å². The van der Waals surface area contributed by atoms with E-state index in [1.54, 1.807) is 4.68 Å². The van der Waals surface area contributed by atoms with Crippen molar-refractivity contribution in [3.8, 4) is 5.69 Å². The van der Waals surface area contributed by atoms with Crippen molar-refractivity contribution in [2.75, 3.05) is 13.2 Å². The molecule has 0 spiro atoms. The van der Waals surface area contributed by atoms with Crippen molar-refractivity contribution in [3.63, 3.8) is 0 Å². The second-order valence-corrected chi connectivity index (χ2v) is 4.59. The van der Waals surface area contributed by atoms with Gasteiger partial charge in [-0.1, -0.05) is 17.3 Å². The summed E-state index contributed by atoms with van der Waals surface area (Å²) >= 11 is 3.47. The van der Waals surface area contributed by atoms with Crippen LogP contribution in [0.1, 0.15) is 12.1 Å². The van der Waals surface area contributed by atoms with E-state index >= 15 is 0 Å². The molecule has 2 rings (SSSR count). The van der Waals surface area contributed by atoms with Crippen molar-refractivity contribution >= 4 is 15.9 Å². The Morgan fingerprint density at radius 3 is 2.94 bits per heavy atom. The Balaban J connectivity index is 2.00. The van der Waals surface area contributed by atoms with Crippen molar-refractivity contribution in [1.29, 1.82) is 0 Å². The molecule has 0 aliphatic carbocycles. The molecule has 1 N–H and O–H groups in total. The van der Waals surface area contributed by atoms with Gasteiger partial charge in [0.25, 0.3) is 0 Å². The Kier molecular flexibility index (Phi) is 4.86. The summed E-state index contributed by atoms with van der Waals surface area (Å²) in [7, 11) is 0. The van der Waals surface area contributed by atoms with Crippen molar-refractivity contribution in [1.82, 2.24) is 15.0 Å². The smallest absolute Gasteiger partial charge is 0.109 e. The third kappa shape index (κ3) is 3.38. The summed E-state index contributed by atoms with van der Waals surface area (Å²) in [4.78, 5) is 0. The van der Waals surface area contributed by atoms with E-state index in [2.05, 4.69) is 26.2 Å². The predicted molar refractivity (Wildman–Crippen MR) is 70.4 cm³/mol. The molecular formula is C12H14BrN3O2. The highest BCUT2D eigenvalue weighted by Crippen LogP contribution is 2.19. The molecule has 1 aromatic heterocycles. The Morgan fingerprint density at radius 2 is 2.17 bits per heavy atom. The van der Waals surface area contributed by atoms with E-state index in [4.69, 9.17) is 9.84 Å². The van der Waals surface area contributed by atoms with Crippen LogP contribution in [0.3, 0.4) is 0 Å². The van der Waals surface area contributed by atoms with Gasteiger partial charge in [0.15, 0.2) is 0 Å². The summed E-state index contributed by atoms with van der Waals surface area (Å²) in [6.45, 7) is 1.08. The summed E-state index contributed by atoms with van der Waals surface area (Å²) in [5.74, 6) is 0. The minimum Gasteiger partial charge on any atom is -0.396 e. The van der Waals surface area contributed by atoms with Crippen LogP contribution in [-0.2, 0) is 11.3 Å². The Morgan fingerprint density at radius 1 is 1.33 bits per heavy atom. The number of nitrogens with zero attached hydrogens (tertiary/aromatic N) is 3. The van der Waals surface area contributed by atoms with Gasteiger partial charge in [-0.05, 0) is 34.5 Å². The minimum absolute atomic E-state index is 0.143. The molecule has 0 radical (unpaired) electrons. The van der Waals surface area contributed by atoms with Gasteiger partial charge >= 0.3 is 0 Å². The first-order chi connectivity index (χ1) is 8.81. The number of hydrogen-bond donors (Lipinski definition) is 1. The summed E-state index contributed by atoms with van der Waals surface area (Å²) in [5.41, 5.74) is 1.70. The molecule has 1 aromatic carbocycles. The molecule has 0 atom stereocenters. The molecule has 0 aliphatic heterocycles. The molecule has 96 valence electrons. The van der Waals surface area contributed by atoms with Gasteiger partial charge in [0.05, 0.1) is 18.5 Å². The first-order valence-electron chi connectivity index (χ1n) is 5.66. The van der Waals surface area contributed by atoms with Gasteiger partial charge in [-0.15, -0.1) is 5.10 Å². The minimum atomic E-state index is 0.143. The van der Waals surface area contributed by atoms with Crippen LogP contribution in [0.2, 0.25) is 0 Å². The summed E-state index contributed by atoms with van der Waals surface area (Å²) in [6.07, 6.45) is 2.47. The lowest BCUT2D eigenvalue weighted by molar-refractivity contribution is 0.102. The number of aliphatic hydroxyl groups is 1. The zero-order valence-corrected chi connectivity index (χ0v) is 11.4. The molecule has 5 nitrogen and oxygen atoms in total. The molecule has 0 aliphatic rings. The monoisotopic (exact) mass is 311 g/mol. The van der Waals surface area contributed by atoms with Crippen LogP contribution in [0.4, 0.5) is 0 Å². The molecule has 1 heterocycles.